The number of hydrogen-bond donors (Lipinski definition) is 1. The summed E-state index contributed by atoms with van der Waals surface area (Å²) in [5.74, 6) is 1.15. The molecular weight excluding hydrogens is 300 g/mol. The highest BCUT2D eigenvalue weighted by Gasteiger charge is 2.33. The largest absolute Gasteiger partial charge is 0.391 e. The molecule has 0 amide bonds. The fraction of sp³-hybridized carbons (Fsp3) is 0.750. The van der Waals surface area contributed by atoms with Crippen molar-refractivity contribution in [1.29, 1.82) is 0 Å². The first-order valence-electron chi connectivity index (χ1n) is 9.37. The second-order valence-corrected chi connectivity index (χ2v) is 8.47. The number of aryl methyl sites for hydroxylation is 1. The Hall–Kier alpha value is -1.13. The van der Waals surface area contributed by atoms with Gasteiger partial charge in [0.15, 0.2) is 0 Å². The van der Waals surface area contributed by atoms with Gasteiger partial charge < -0.3 is 14.5 Å². The van der Waals surface area contributed by atoms with Crippen LogP contribution in [0.15, 0.2) is 21.7 Å². The SMILES string of the molecule is CC1=C(CCN2C[C@@H](Cc3cc(C)no3)[C@@H](O)C2)C(C)(C)CCC1. The van der Waals surface area contributed by atoms with Crippen LogP contribution in [0, 0.1) is 18.3 Å². The Balaban J connectivity index is 1.55. The number of aromatic nitrogens is 1. The molecule has 4 heteroatoms. The Morgan fingerprint density at radius 2 is 2.12 bits per heavy atom. The second kappa shape index (κ2) is 7.01. The van der Waals surface area contributed by atoms with Crippen molar-refractivity contribution in [3.63, 3.8) is 0 Å². The number of β-amino-alcohol motifs (C(OH)–C–C–N with tert-alkyl or cyclic N) is 1. The van der Waals surface area contributed by atoms with E-state index in [2.05, 4.69) is 30.8 Å². The normalized spacial score (nSPS) is 27.9. The summed E-state index contributed by atoms with van der Waals surface area (Å²) in [6.07, 6.45) is 5.55. The van der Waals surface area contributed by atoms with Gasteiger partial charge in [0.05, 0.1) is 11.8 Å². The predicted octanol–water partition coefficient (Wildman–Crippen LogP) is 3.73. The molecule has 0 spiro atoms. The van der Waals surface area contributed by atoms with Gasteiger partial charge in [0.2, 0.25) is 0 Å². The monoisotopic (exact) mass is 332 g/mol. The van der Waals surface area contributed by atoms with Crippen molar-refractivity contribution in [2.24, 2.45) is 11.3 Å². The van der Waals surface area contributed by atoms with E-state index >= 15 is 0 Å². The smallest absolute Gasteiger partial charge is 0.137 e. The van der Waals surface area contributed by atoms with Crippen LogP contribution in [0.5, 0.6) is 0 Å². The summed E-state index contributed by atoms with van der Waals surface area (Å²) in [5, 5.41) is 14.4. The van der Waals surface area contributed by atoms with E-state index in [1.165, 1.54) is 19.3 Å². The molecule has 0 unspecified atom stereocenters. The Bertz CT molecular complexity index is 603. The molecule has 3 rings (SSSR count). The van der Waals surface area contributed by atoms with E-state index < -0.39 is 0 Å². The van der Waals surface area contributed by atoms with E-state index in [1.54, 1.807) is 11.1 Å². The summed E-state index contributed by atoms with van der Waals surface area (Å²) in [6.45, 7) is 11.8. The third-order valence-corrected chi connectivity index (χ3v) is 5.99. The maximum Gasteiger partial charge on any atom is 0.137 e. The molecule has 1 N–H and O–H groups in total. The number of nitrogens with zero attached hydrogens (tertiary/aromatic N) is 2. The summed E-state index contributed by atoms with van der Waals surface area (Å²) in [5.41, 5.74) is 4.51. The van der Waals surface area contributed by atoms with Gasteiger partial charge in [0, 0.05) is 38.0 Å². The fourth-order valence-electron chi connectivity index (χ4n) is 4.59. The quantitative estimate of drug-likeness (QED) is 0.835. The lowest BCUT2D eigenvalue weighted by Gasteiger charge is -2.35. The van der Waals surface area contributed by atoms with Gasteiger partial charge in [-0.1, -0.05) is 30.2 Å². The molecule has 1 aliphatic carbocycles. The van der Waals surface area contributed by atoms with Gasteiger partial charge in [-0.2, -0.15) is 0 Å². The molecule has 1 aliphatic heterocycles. The summed E-state index contributed by atoms with van der Waals surface area (Å²) >= 11 is 0. The minimum Gasteiger partial charge on any atom is -0.391 e. The standard InChI is InChI=1S/C20H32N2O2/c1-14-6-5-8-20(3,4)18(14)7-9-22-12-16(19(23)13-22)11-17-10-15(2)21-24-17/h10,16,19,23H,5-9,11-13H2,1-4H3/t16-,19+/m1/s1. The van der Waals surface area contributed by atoms with E-state index in [1.807, 2.05) is 13.0 Å². The lowest BCUT2D eigenvalue weighted by atomic mass is 9.71. The van der Waals surface area contributed by atoms with Crippen LogP contribution in [-0.2, 0) is 6.42 Å². The summed E-state index contributed by atoms with van der Waals surface area (Å²) in [4.78, 5) is 2.42. The fourth-order valence-corrected chi connectivity index (χ4v) is 4.59. The average Bonchev–Trinajstić information content (AvgIpc) is 3.04. The van der Waals surface area contributed by atoms with Gasteiger partial charge in [-0.25, -0.2) is 0 Å². The van der Waals surface area contributed by atoms with E-state index in [-0.39, 0.29) is 12.0 Å². The first-order valence-corrected chi connectivity index (χ1v) is 9.37. The number of rotatable bonds is 5. The summed E-state index contributed by atoms with van der Waals surface area (Å²) in [6, 6.07) is 1.98. The van der Waals surface area contributed by atoms with Crippen LogP contribution in [0.4, 0.5) is 0 Å². The van der Waals surface area contributed by atoms with Crippen LogP contribution in [0.25, 0.3) is 0 Å². The second-order valence-electron chi connectivity index (χ2n) is 8.47. The van der Waals surface area contributed by atoms with E-state index in [9.17, 15) is 5.11 Å². The Morgan fingerprint density at radius 1 is 1.33 bits per heavy atom. The first kappa shape index (κ1) is 17.7. The summed E-state index contributed by atoms with van der Waals surface area (Å²) < 4.78 is 5.32. The molecule has 1 fully saturated rings. The van der Waals surface area contributed by atoms with Crippen molar-refractivity contribution in [2.75, 3.05) is 19.6 Å². The molecular formula is C20H32N2O2. The Kier molecular flexibility index (Phi) is 5.16. The van der Waals surface area contributed by atoms with E-state index in [4.69, 9.17) is 4.52 Å². The van der Waals surface area contributed by atoms with Crippen LogP contribution >= 0.6 is 0 Å². The van der Waals surface area contributed by atoms with E-state index in [0.717, 1.165) is 43.9 Å². The van der Waals surface area contributed by atoms with Crippen molar-refractivity contribution in [2.45, 2.75) is 65.9 Å². The predicted molar refractivity (Wildman–Crippen MR) is 95.8 cm³/mol. The molecule has 1 saturated heterocycles. The molecule has 2 heterocycles. The highest BCUT2D eigenvalue weighted by Crippen LogP contribution is 2.41. The molecule has 0 bridgehead atoms. The maximum absolute atomic E-state index is 10.4. The number of likely N-dealkylation sites (tertiary alicyclic amines) is 1. The number of hydrogen-bond acceptors (Lipinski definition) is 4. The first-order chi connectivity index (χ1) is 11.3. The van der Waals surface area contributed by atoms with Crippen LogP contribution < -0.4 is 0 Å². The molecule has 0 aromatic carbocycles. The molecule has 2 atom stereocenters. The average molecular weight is 332 g/mol. The minimum atomic E-state index is -0.259. The molecule has 2 aliphatic rings. The van der Waals surface area contributed by atoms with Crippen LogP contribution in [0.1, 0.15) is 57.9 Å². The highest BCUT2D eigenvalue weighted by atomic mass is 16.5. The van der Waals surface area contributed by atoms with Gasteiger partial charge in [0.1, 0.15) is 5.76 Å². The molecule has 0 radical (unpaired) electrons. The van der Waals surface area contributed by atoms with Gasteiger partial charge >= 0.3 is 0 Å². The van der Waals surface area contributed by atoms with Gasteiger partial charge in [-0.3, -0.25) is 0 Å². The van der Waals surface area contributed by atoms with Crippen LogP contribution in [0.3, 0.4) is 0 Å². The number of allylic oxidation sites excluding steroid dienone is 1. The lowest BCUT2D eigenvalue weighted by Crippen LogP contribution is -2.27. The Labute approximate surface area is 145 Å². The molecule has 4 nitrogen and oxygen atoms in total. The summed E-state index contributed by atoms with van der Waals surface area (Å²) in [7, 11) is 0. The maximum atomic E-state index is 10.4. The molecule has 24 heavy (non-hydrogen) atoms. The highest BCUT2D eigenvalue weighted by molar-refractivity contribution is 5.22. The Morgan fingerprint density at radius 3 is 2.79 bits per heavy atom. The molecule has 0 saturated carbocycles. The lowest BCUT2D eigenvalue weighted by molar-refractivity contribution is 0.137. The van der Waals surface area contributed by atoms with Crippen molar-refractivity contribution in [3.05, 3.63) is 28.7 Å². The zero-order valence-electron chi connectivity index (χ0n) is 15.6. The molecule has 134 valence electrons. The van der Waals surface area contributed by atoms with Crippen molar-refractivity contribution < 1.29 is 9.63 Å². The van der Waals surface area contributed by atoms with Crippen molar-refractivity contribution >= 4 is 0 Å². The van der Waals surface area contributed by atoms with Crippen molar-refractivity contribution in [3.8, 4) is 0 Å². The van der Waals surface area contributed by atoms with Crippen LogP contribution in [-0.4, -0.2) is 40.9 Å². The number of aliphatic hydroxyl groups is 1. The topological polar surface area (TPSA) is 49.5 Å². The van der Waals surface area contributed by atoms with Gasteiger partial charge in [-0.05, 0) is 44.9 Å². The van der Waals surface area contributed by atoms with Crippen molar-refractivity contribution in [1.82, 2.24) is 10.1 Å². The zero-order valence-corrected chi connectivity index (χ0v) is 15.6. The minimum absolute atomic E-state index is 0.256. The molecule has 1 aromatic heterocycles. The van der Waals surface area contributed by atoms with Gasteiger partial charge in [0.25, 0.3) is 0 Å². The molecule has 1 aromatic rings. The zero-order chi connectivity index (χ0) is 17.3. The van der Waals surface area contributed by atoms with Gasteiger partial charge in [-0.15, -0.1) is 0 Å². The third kappa shape index (κ3) is 3.92. The number of aliphatic hydroxyl groups excluding tert-OH is 1. The van der Waals surface area contributed by atoms with Crippen LogP contribution in [0.2, 0.25) is 0 Å². The third-order valence-electron chi connectivity index (χ3n) is 5.99. The van der Waals surface area contributed by atoms with E-state index in [0.29, 0.717) is 5.41 Å².